The number of ether oxygens (including phenoxy) is 2. The minimum atomic E-state index is -4.40. The molecule has 0 aromatic carbocycles. The highest BCUT2D eigenvalue weighted by Crippen LogP contribution is 2.43. The van der Waals surface area contributed by atoms with Gasteiger partial charge in [0, 0.05) is 12.8 Å². The summed E-state index contributed by atoms with van der Waals surface area (Å²) < 4.78 is 34.9. The summed E-state index contributed by atoms with van der Waals surface area (Å²) in [6.45, 7) is 4.24. The van der Waals surface area contributed by atoms with E-state index >= 15 is 0 Å². The van der Waals surface area contributed by atoms with Crippen LogP contribution in [-0.2, 0) is 32.7 Å². The number of esters is 2. The van der Waals surface area contributed by atoms with Crippen LogP contribution in [0.1, 0.15) is 373 Å². The third-order valence-electron chi connectivity index (χ3n) is 18.4. The number of likely N-dealkylation sites (N-methyl/N-ethyl adjacent to an activating group) is 1. The monoisotopic (exact) mass is 1440 g/mol. The Kier molecular flexibility index (Phi) is 77.7. The first-order chi connectivity index (χ1) is 50.0. The smallest absolute Gasteiger partial charge is 0.462 e. The second kappa shape index (κ2) is 81.0. The lowest BCUT2D eigenvalue weighted by molar-refractivity contribution is -0.870. The molecule has 0 aromatic heterocycles. The van der Waals surface area contributed by atoms with Crippen molar-refractivity contribution in [3.8, 4) is 0 Å². The summed E-state index contributed by atoms with van der Waals surface area (Å²) >= 11 is 0. The van der Waals surface area contributed by atoms with Gasteiger partial charge in [0.25, 0.3) is 0 Å². The second-order valence-corrected chi connectivity index (χ2v) is 30.9. The quantitative estimate of drug-likeness (QED) is 0.0211. The molecule has 0 aliphatic heterocycles. The Morgan fingerprint density at radius 2 is 0.529 bits per heavy atom. The molecule has 0 radical (unpaired) electrons. The number of nitrogens with zero attached hydrogens (tertiary/aromatic N) is 1. The summed E-state index contributed by atoms with van der Waals surface area (Å²) in [6, 6.07) is 0. The maximum absolute atomic E-state index is 12.9. The van der Waals surface area contributed by atoms with Crippen LogP contribution < -0.4 is 0 Å². The molecular weight excluding hydrogens is 1280 g/mol. The molecule has 586 valence electrons. The Hall–Kier alpha value is -4.11. The first kappa shape index (κ1) is 97.9. The van der Waals surface area contributed by atoms with Crippen LogP contribution in [-0.4, -0.2) is 74.9 Å². The van der Waals surface area contributed by atoms with Gasteiger partial charge in [0.1, 0.15) is 19.8 Å². The van der Waals surface area contributed by atoms with Crippen LogP contribution in [0.4, 0.5) is 0 Å². The number of carbonyl (C=O) groups is 2. The van der Waals surface area contributed by atoms with Crippen LogP contribution in [0.25, 0.3) is 0 Å². The van der Waals surface area contributed by atoms with Gasteiger partial charge in [-0.3, -0.25) is 18.6 Å². The van der Waals surface area contributed by atoms with Gasteiger partial charge in [0.05, 0.1) is 27.7 Å². The van der Waals surface area contributed by atoms with E-state index in [1.807, 2.05) is 21.1 Å². The number of carbonyl (C=O) groups excluding carboxylic acids is 2. The highest BCUT2D eigenvalue weighted by Gasteiger charge is 2.27. The number of phosphoric acid groups is 1. The molecule has 0 amide bonds. The first-order valence-corrected chi connectivity index (χ1v) is 44.1. The Bertz CT molecular complexity index is 2240. The Labute approximate surface area is 631 Å². The van der Waals surface area contributed by atoms with E-state index in [1.165, 1.54) is 225 Å². The molecule has 0 aliphatic rings. The van der Waals surface area contributed by atoms with Crippen LogP contribution >= 0.6 is 7.82 Å². The summed E-state index contributed by atoms with van der Waals surface area (Å²) in [5.74, 6) is -0.786. The molecule has 0 spiro atoms. The number of unbranched alkanes of at least 4 members (excludes halogenated alkanes) is 40. The first-order valence-electron chi connectivity index (χ1n) is 42.6. The van der Waals surface area contributed by atoms with Crippen LogP contribution in [0.2, 0.25) is 0 Å². The van der Waals surface area contributed by atoms with E-state index in [0.717, 1.165) is 116 Å². The average molecular weight is 1440 g/mol. The topological polar surface area (TPSA) is 108 Å². The molecule has 0 aliphatic carbocycles. The van der Waals surface area contributed by atoms with Gasteiger partial charge in [0.15, 0.2) is 6.10 Å². The molecular formula is C92H161NO8P+. The number of hydrogen-bond donors (Lipinski definition) is 1. The van der Waals surface area contributed by atoms with Crippen molar-refractivity contribution in [1.29, 1.82) is 0 Å². The largest absolute Gasteiger partial charge is 0.472 e. The summed E-state index contributed by atoms with van der Waals surface area (Å²) in [7, 11) is 1.48. The van der Waals surface area contributed by atoms with Crippen molar-refractivity contribution in [2.24, 2.45) is 0 Å². The molecule has 1 N–H and O–H groups in total. The van der Waals surface area contributed by atoms with Gasteiger partial charge < -0.3 is 18.9 Å². The number of rotatable bonds is 78. The van der Waals surface area contributed by atoms with Gasteiger partial charge >= 0.3 is 19.8 Å². The lowest BCUT2D eigenvalue weighted by atomic mass is 10.0. The lowest BCUT2D eigenvalue weighted by Gasteiger charge is -2.24. The van der Waals surface area contributed by atoms with Gasteiger partial charge in [-0.2, -0.15) is 0 Å². The summed E-state index contributed by atoms with van der Waals surface area (Å²) in [5, 5.41) is 0. The molecule has 0 aromatic rings. The Morgan fingerprint density at radius 3 is 0.784 bits per heavy atom. The standard InChI is InChI=1S/C92H160NO8P/c1-6-8-10-12-14-16-18-20-22-24-26-28-30-32-34-36-38-40-42-44-46-48-50-52-54-56-58-60-62-64-66-68-70-72-74-76-78-80-82-84-91(94)98-88-90(89-100-102(96,97)99-87-86-93(3,4)5)101-92(95)85-83-81-79-77-75-73-71-69-67-65-63-61-59-57-55-53-51-49-47-45-43-41-39-37-35-33-31-29-27-25-23-21-19-17-15-13-11-9-7-2/h8-11,14-17,20-23,26-29,33,35,39,41,45,47,51,53,90H,6-7,12-13,18-19,24-25,30-32,34,36-38,40,42-44,46,48-50,52,54-89H2,1-5H3/p+1/b10-8-,11-9-,16-14-,17-15-,22-20-,23-21-,28-26-,29-27-,35-33-,41-39-,47-45-,53-51-. The lowest BCUT2D eigenvalue weighted by Crippen LogP contribution is -2.37. The van der Waals surface area contributed by atoms with Crippen LogP contribution in [0.15, 0.2) is 146 Å². The van der Waals surface area contributed by atoms with Gasteiger partial charge in [-0.05, 0) is 116 Å². The van der Waals surface area contributed by atoms with Crippen molar-refractivity contribution in [2.45, 2.75) is 380 Å². The van der Waals surface area contributed by atoms with E-state index in [-0.39, 0.29) is 32.0 Å². The number of hydrogen-bond acceptors (Lipinski definition) is 7. The third kappa shape index (κ3) is 84.8. The molecule has 102 heavy (non-hydrogen) atoms. The van der Waals surface area contributed by atoms with Crippen molar-refractivity contribution in [3.05, 3.63) is 146 Å². The number of phosphoric ester groups is 1. The minimum absolute atomic E-state index is 0.0289. The summed E-state index contributed by atoms with van der Waals surface area (Å²) in [6.07, 6.45) is 120. The van der Waals surface area contributed by atoms with E-state index in [4.69, 9.17) is 18.5 Å². The van der Waals surface area contributed by atoms with Crippen molar-refractivity contribution in [3.63, 3.8) is 0 Å². The molecule has 0 saturated heterocycles. The zero-order chi connectivity index (χ0) is 74.0. The van der Waals surface area contributed by atoms with Crippen molar-refractivity contribution in [2.75, 3.05) is 47.5 Å². The van der Waals surface area contributed by atoms with E-state index in [2.05, 4.69) is 160 Å². The molecule has 9 nitrogen and oxygen atoms in total. The summed E-state index contributed by atoms with van der Waals surface area (Å²) in [4.78, 5) is 36.0. The molecule has 0 heterocycles. The fourth-order valence-electron chi connectivity index (χ4n) is 12.0. The average Bonchev–Trinajstić information content (AvgIpc) is 0.914. The van der Waals surface area contributed by atoms with Crippen molar-refractivity contribution < 1.29 is 42.1 Å². The predicted molar refractivity (Wildman–Crippen MR) is 445 cm³/mol. The molecule has 2 unspecified atom stereocenters. The van der Waals surface area contributed by atoms with Crippen LogP contribution in [0.5, 0.6) is 0 Å². The maximum atomic E-state index is 12.9. The zero-order valence-corrected chi connectivity index (χ0v) is 68.0. The van der Waals surface area contributed by atoms with Gasteiger partial charge in [0.2, 0.25) is 0 Å². The molecule has 0 bridgehead atoms. The molecule has 0 fully saturated rings. The van der Waals surface area contributed by atoms with E-state index in [9.17, 15) is 19.0 Å². The summed E-state index contributed by atoms with van der Waals surface area (Å²) in [5.41, 5.74) is 0. The Morgan fingerprint density at radius 1 is 0.304 bits per heavy atom. The fourth-order valence-corrected chi connectivity index (χ4v) is 12.7. The van der Waals surface area contributed by atoms with Gasteiger partial charge in [-0.25, -0.2) is 4.57 Å². The molecule has 2 atom stereocenters. The molecule has 10 heteroatoms. The minimum Gasteiger partial charge on any atom is -0.462 e. The van der Waals surface area contributed by atoms with E-state index < -0.39 is 26.5 Å². The maximum Gasteiger partial charge on any atom is 0.472 e. The SMILES string of the molecule is CC/C=C\C/C=C\C/C=C\C/C=C\C/C=C\C/C=C\C/C=C\C/C=C\CCCCCCCCCCCCCCCCC(=O)OC(COC(=O)CCCCCCCCCCCCCCCCCCCCCCCCCCCC/C=C\C/C=C\C/C=C\C/C=C\CC)COP(=O)(O)OCC[N+](C)(C)C. The molecule has 0 saturated carbocycles. The number of quaternary nitrogens is 1. The van der Waals surface area contributed by atoms with Gasteiger partial charge in [-0.15, -0.1) is 0 Å². The Balaban J connectivity index is 3.93. The second-order valence-electron chi connectivity index (χ2n) is 29.5. The molecule has 0 rings (SSSR count). The van der Waals surface area contributed by atoms with Crippen molar-refractivity contribution in [1.82, 2.24) is 0 Å². The third-order valence-corrected chi connectivity index (χ3v) is 19.3. The fraction of sp³-hybridized carbons (Fsp3) is 0.717. The predicted octanol–water partition coefficient (Wildman–Crippen LogP) is 28.8. The van der Waals surface area contributed by atoms with Gasteiger partial charge in [-0.1, -0.05) is 391 Å². The van der Waals surface area contributed by atoms with Crippen LogP contribution in [0.3, 0.4) is 0 Å². The van der Waals surface area contributed by atoms with E-state index in [1.54, 1.807) is 0 Å². The van der Waals surface area contributed by atoms with E-state index in [0.29, 0.717) is 17.4 Å². The highest BCUT2D eigenvalue weighted by molar-refractivity contribution is 7.47. The number of allylic oxidation sites excluding steroid dienone is 24. The highest BCUT2D eigenvalue weighted by atomic mass is 31.2. The van der Waals surface area contributed by atoms with Crippen molar-refractivity contribution >= 4 is 19.8 Å². The zero-order valence-electron chi connectivity index (χ0n) is 67.1. The van der Waals surface area contributed by atoms with Crippen LogP contribution in [0, 0.1) is 0 Å². The normalized spacial score (nSPS) is 13.7.